The van der Waals surface area contributed by atoms with Crippen molar-refractivity contribution in [1.29, 1.82) is 0 Å². The number of nitrogens with two attached hydrogens (primary N) is 1. The number of hydrogen-bond acceptors (Lipinski definition) is 4. The summed E-state index contributed by atoms with van der Waals surface area (Å²) in [5.41, 5.74) is 7.90. The molecule has 0 spiro atoms. The van der Waals surface area contributed by atoms with E-state index in [0.29, 0.717) is 13.2 Å². The van der Waals surface area contributed by atoms with E-state index in [2.05, 4.69) is 18.9 Å². The smallest absolute Gasteiger partial charge is 0.163 e. The molecule has 4 heteroatoms. The van der Waals surface area contributed by atoms with E-state index in [4.69, 9.17) is 15.2 Å². The first-order valence-corrected chi connectivity index (χ1v) is 6.07. The fraction of sp³-hybridized carbons (Fsp3) is 0.538. The van der Waals surface area contributed by atoms with Gasteiger partial charge in [0.2, 0.25) is 0 Å². The van der Waals surface area contributed by atoms with Gasteiger partial charge in [-0.25, -0.2) is 0 Å². The monoisotopic (exact) mass is 236 g/mol. The van der Waals surface area contributed by atoms with Crippen LogP contribution in [0.3, 0.4) is 0 Å². The van der Waals surface area contributed by atoms with Gasteiger partial charge >= 0.3 is 0 Å². The minimum Gasteiger partial charge on any atom is -0.486 e. The van der Waals surface area contributed by atoms with Crippen LogP contribution in [0.5, 0.6) is 11.5 Å². The van der Waals surface area contributed by atoms with Gasteiger partial charge in [0.1, 0.15) is 13.2 Å². The Kier molecular flexibility index (Phi) is 3.74. The molecule has 0 aromatic heterocycles. The predicted molar refractivity (Wildman–Crippen MR) is 68.5 cm³/mol. The van der Waals surface area contributed by atoms with Crippen LogP contribution in [0.25, 0.3) is 0 Å². The van der Waals surface area contributed by atoms with Gasteiger partial charge in [0, 0.05) is 18.3 Å². The average molecular weight is 236 g/mol. The number of nitrogen functional groups attached to an aromatic ring is 1. The van der Waals surface area contributed by atoms with Crippen molar-refractivity contribution in [2.45, 2.75) is 19.9 Å². The summed E-state index contributed by atoms with van der Waals surface area (Å²) in [4.78, 5) is 2.25. The highest BCUT2D eigenvalue weighted by atomic mass is 16.6. The Hall–Kier alpha value is -1.42. The topological polar surface area (TPSA) is 47.7 Å². The maximum Gasteiger partial charge on any atom is 0.163 e. The van der Waals surface area contributed by atoms with E-state index in [1.807, 2.05) is 12.1 Å². The van der Waals surface area contributed by atoms with E-state index in [9.17, 15) is 0 Å². The van der Waals surface area contributed by atoms with Crippen molar-refractivity contribution in [3.63, 3.8) is 0 Å². The maximum absolute atomic E-state index is 6.03. The number of rotatable bonds is 4. The number of hydrogen-bond donors (Lipinski definition) is 1. The minimum absolute atomic E-state index is 0.599. The molecule has 1 aromatic carbocycles. The summed E-state index contributed by atoms with van der Waals surface area (Å²) in [6.07, 6.45) is 1.14. The molecular weight excluding hydrogens is 216 g/mol. The Balaban J connectivity index is 2.16. The van der Waals surface area contributed by atoms with Gasteiger partial charge in [-0.3, -0.25) is 0 Å². The highest BCUT2D eigenvalue weighted by Crippen LogP contribution is 2.34. The molecule has 1 aliphatic heterocycles. The lowest BCUT2D eigenvalue weighted by Crippen LogP contribution is -2.20. The summed E-state index contributed by atoms with van der Waals surface area (Å²) in [5.74, 6) is 1.57. The van der Waals surface area contributed by atoms with E-state index in [-0.39, 0.29) is 0 Å². The lowest BCUT2D eigenvalue weighted by atomic mass is 10.1. The molecule has 0 atom stereocenters. The van der Waals surface area contributed by atoms with Crippen molar-refractivity contribution in [3.8, 4) is 11.5 Å². The summed E-state index contributed by atoms with van der Waals surface area (Å²) in [6, 6.07) is 3.86. The normalized spacial score (nSPS) is 14.1. The number of ether oxygens (including phenoxy) is 2. The lowest BCUT2D eigenvalue weighted by molar-refractivity contribution is 0.171. The molecule has 0 saturated heterocycles. The molecular formula is C13H20N2O2. The molecule has 17 heavy (non-hydrogen) atoms. The van der Waals surface area contributed by atoms with Crippen molar-refractivity contribution >= 4 is 5.69 Å². The van der Waals surface area contributed by atoms with Gasteiger partial charge in [-0.05, 0) is 31.6 Å². The number of nitrogens with zero attached hydrogens (tertiary/aromatic N) is 1. The summed E-state index contributed by atoms with van der Waals surface area (Å²) >= 11 is 0. The van der Waals surface area contributed by atoms with Gasteiger partial charge in [-0.2, -0.15) is 0 Å². The molecule has 1 heterocycles. The SMILES string of the molecule is CCCN(C)Cc1cc2c(cc1N)OCCO2. The molecule has 0 radical (unpaired) electrons. The average Bonchev–Trinajstić information content (AvgIpc) is 2.30. The highest BCUT2D eigenvalue weighted by molar-refractivity contribution is 5.58. The van der Waals surface area contributed by atoms with Crippen LogP contribution in [0.2, 0.25) is 0 Å². The van der Waals surface area contributed by atoms with Crippen molar-refractivity contribution < 1.29 is 9.47 Å². The van der Waals surface area contributed by atoms with Crippen LogP contribution < -0.4 is 15.2 Å². The molecule has 1 aliphatic rings. The van der Waals surface area contributed by atoms with E-state index in [0.717, 1.165) is 42.3 Å². The standard InChI is InChI=1S/C13H20N2O2/c1-3-4-15(2)9-10-7-12-13(8-11(10)14)17-6-5-16-12/h7-8H,3-6,9,14H2,1-2H3. The molecule has 1 aromatic rings. The Morgan fingerprint density at radius 1 is 1.24 bits per heavy atom. The Morgan fingerprint density at radius 2 is 1.88 bits per heavy atom. The number of benzene rings is 1. The van der Waals surface area contributed by atoms with Crippen molar-refractivity contribution in [1.82, 2.24) is 4.90 Å². The molecule has 4 nitrogen and oxygen atoms in total. The van der Waals surface area contributed by atoms with Gasteiger partial charge in [-0.1, -0.05) is 6.92 Å². The van der Waals surface area contributed by atoms with Crippen LogP contribution in [0.4, 0.5) is 5.69 Å². The molecule has 2 rings (SSSR count). The van der Waals surface area contributed by atoms with Gasteiger partial charge in [0.15, 0.2) is 11.5 Å². The quantitative estimate of drug-likeness (QED) is 0.811. The van der Waals surface area contributed by atoms with Crippen LogP contribution in [0, 0.1) is 0 Å². The molecule has 0 aliphatic carbocycles. The molecule has 0 amide bonds. The van der Waals surface area contributed by atoms with Crippen LogP contribution in [0.1, 0.15) is 18.9 Å². The fourth-order valence-corrected chi connectivity index (χ4v) is 2.04. The van der Waals surface area contributed by atoms with Crippen LogP contribution in [-0.2, 0) is 6.54 Å². The largest absolute Gasteiger partial charge is 0.486 e. The first kappa shape index (κ1) is 12.0. The van der Waals surface area contributed by atoms with Crippen molar-refractivity contribution in [2.75, 3.05) is 32.5 Å². The second-order valence-electron chi connectivity index (χ2n) is 4.43. The van der Waals surface area contributed by atoms with Gasteiger partial charge < -0.3 is 20.1 Å². The summed E-state index contributed by atoms with van der Waals surface area (Å²) in [6.45, 7) is 5.29. The maximum atomic E-state index is 6.03. The first-order chi connectivity index (χ1) is 8.20. The second-order valence-corrected chi connectivity index (χ2v) is 4.43. The summed E-state index contributed by atoms with van der Waals surface area (Å²) < 4.78 is 11.1. The third kappa shape index (κ3) is 2.82. The van der Waals surface area contributed by atoms with E-state index < -0.39 is 0 Å². The van der Waals surface area contributed by atoms with Gasteiger partial charge in [-0.15, -0.1) is 0 Å². The van der Waals surface area contributed by atoms with Crippen LogP contribution >= 0.6 is 0 Å². The molecule has 0 bridgehead atoms. The highest BCUT2D eigenvalue weighted by Gasteiger charge is 2.15. The molecule has 0 unspecified atom stereocenters. The molecule has 2 N–H and O–H groups in total. The zero-order chi connectivity index (χ0) is 12.3. The third-order valence-corrected chi connectivity index (χ3v) is 2.85. The van der Waals surface area contributed by atoms with Gasteiger partial charge in [0.25, 0.3) is 0 Å². The fourth-order valence-electron chi connectivity index (χ4n) is 2.04. The predicted octanol–water partition coefficient (Wildman–Crippen LogP) is 1.88. The van der Waals surface area contributed by atoms with Crippen LogP contribution in [0.15, 0.2) is 12.1 Å². The van der Waals surface area contributed by atoms with Crippen LogP contribution in [-0.4, -0.2) is 31.7 Å². The molecule has 0 fully saturated rings. The second kappa shape index (κ2) is 5.27. The van der Waals surface area contributed by atoms with Gasteiger partial charge in [0.05, 0.1) is 0 Å². The summed E-state index contributed by atoms with van der Waals surface area (Å²) in [5, 5.41) is 0. The van der Waals surface area contributed by atoms with E-state index >= 15 is 0 Å². The van der Waals surface area contributed by atoms with E-state index in [1.54, 1.807) is 0 Å². The Morgan fingerprint density at radius 3 is 2.53 bits per heavy atom. The zero-order valence-electron chi connectivity index (χ0n) is 10.5. The minimum atomic E-state index is 0.599. The number of fused-ring (bicyclic) bond motifs is 1. The summed E-state index contributed by atoms with van der Waals surface area (Å²) in [7, 11) is 2.10. The zero-order valence-corrected chi connectivity index (χ0v) is 10.5. The molecule has 0 saturated carbocycles. The van der Waals surface area contributed by atoms with Crippen molar-refractivity contribution in [3.05, 3.63) is 17.7 Å². The number of anilines is 1. The van der Waals surface area contributed by atoms with Crippen molar-refractivity contribution in [2.24, 2.45) is 0 Å². The Labute approximate surface area is 102 Å². The molecule has 94 valence electrons. The first-order valence-electron chi connectivity index (χ1n) is 6.07. The third-order valence-electron chi connectivity index (χ3n) is 2.85. The lowest BCUT2D eigenvalue weighted by Gasteiger charge is -2.22. The Bertz CT molecular complexity index is 393. The van der Waals surface area contributed by atoms with E-state index in [1.165, 1.54) is 0 Å².